The third-order valence-electron chi connectivity index (χ3n) is 5.60. The molecule has 0 aliphatic heterocycles. The average molecular weight is 677 g/mol. The van der Waals surface area contributed by atoms with Crippen LogP contribution >= 0.6 is 7.92 Å². The molecule has 45 heavy (non-hydrogen) atoms. The molecule has 0 aromatic heterocycles. The van der Waals surface area contributed by atoms with Gasteiger partial charge in [-0.25, -0.2) is 0 Å². The Bertz CT molecular complexity index is 1330. The third-order valence-corrected chi connectivity index (χ3v) is 8.78. The summed E-state index contributed by atoms with van der Waals surface area (Å²) < 4.78 is 94.3. The maximum absolute atomic E-state index is 10.7. The minimum atomic E-state index is -5.84. The van der Waals surface area contributed by atoms with Gasteiger partial charge in [-0.2, -0.15) is 21.6 Å². The molecule has 0 atom stereocenters. The van der Waals surface area contributed by atoms with E-state index in [1.54, 1.807) is 0 Å². The molecule has 0 saturated heterocycles. The smallest absolute Gasteiger partial charge is 0.494 e. The van der Waals surface area contributed by atoms with E-state index in [-0.39, 0.29) is 0 Å². The maximum Gasteiger partial charge on any atom is 0.522 e. The number of ether oxygens (including phenoxy) is 6. The van der Waals surface area contributed by atoms with E-state index in [9.17, 15) is 13.2 Å². The van der Waals surface area contributed by atoms with Gasteiger partial charge in [-0.3, -0.25) is 4.55 Å². The fraction of sp³-hybridized carbons (Fsp3) is 0.419. The highest BCUT2D eigenvalue weighted by molar-refractivity contribution is 7.86. The van der Waals surface area contributed by atoms with E-state index in [1.807, 2.05) is 71.9 Å². The van der Waals surface area contributed by atoms with Crippen LogP contribution in [-0.4, -0.2) is 58.1 Å². The van der Waals surface area contributed by atoms with Gasteiger partial charge in [-0.1, -0.05) is 30.3 Å². The van der Waals surface area contributed by atoms with Gasteiger partial charge in [-0.15, -0.1) is 0 Å². The first-order valence-corrected chi connectivity index (χ1v) is 17.2. The van der Waals surface area contributed by atoms with Crippen LogP contribution in [0.25, 0.3) is 0 Å². The molecule has 14 heteroatoms. The van der Waals surface area contributed by atoms with Gasteiger partial charge in [0.15, 0.2) is 0 Å². The lowest BCUT2D eigenvalue weighted by atomic mass is 10.3. The van der Waals surface area contributed by atoms with Crippen molar-refractivity contribution in [3.8, 4) is 34.5 Å². The van der Waals surface area contributed by atoms with Crippen molar-refractivity contribution in [2.24, 2.45) is 0 Å². The molecular weight excluding hydrogens is 636 g/mol. The van der Waals surface area contributed by atoms with E-state index < -0.39 is 23.5 Å². The van der Waals surface area contributed by atoms with Gasteiger partial charge in [0.2, 0.25) is 0 Å². The molecule has 0 fully saturated rings. The number of benzene rings is 3. The van der Waals surface area contributed by atoms with Gasteiger partial charge >= 0.3 is 15.6 Å². The molecule has 3 aromatic rings. The first-order chi connectivity index (χ1) is 21.4. The van der Waals surface area contributed by atoms with Crippen molar-refractivity contribution >= 4 is 34.0 Å². The number of hydrogen-bond acceptors (Lipinski definition) is 8. The molecule has 1 N–H and O–H groups in total. The van der Waals surface area contributed by atoms with Crippen LogP contribution in [0.3, 0.4) is 0 Å². The number of halogens is 3. The molecule has 0 spiro atoms. The molecule has 9 nitrogen and oxygen atoms in total. The minimum absolute atomic E-state index is 0.506. The predicted octanol–water partition coefficient (Wildman–Crippen LogP) is 6.23. The van der Waals surface area contributed by atoms with Crippen molar-refractivity contribution in [1.82, 2.24) is 0 Å². The van der Waals surface area contributed by atoms with Gasteiger partial charge < -0.3 is 28.4 Å². The van der Waals surface area contributed by atoms with E-state index in [1.165, 1.54) is 0 Å². The number of alkyl halides is 3. The highest BCUT2D eigenvalue weighted by Gasteiger charge is 2.44. The monoisotopic (exact) mass is 676 g/mol. The topological polar surface area (TPSA) is 110 Å². The average Bonchev–Trinajstić information content (AvgIpc) is 2.96. The molecule has 250 valence electrons. The van der Waals surface area contributed by atoms with Crippen LogP contribution in [0.4, 0.5) is 13.2 Å². The molecule has 0 aliphatic rings. The zero-order valence-corrected chi connectivity index (χ0v) is 27.9. The fourth-order valence-electron chi connectivity index (χ4n) is 4.07. The van der Waals surface area contributed by atoms with Crippen LogP contribution in [0, 0.1) is 0 Å². The van der Waals surface area contributed by atoms with Crippen LogP contribution in [0.15, 0.2) is 54.6 Å². The Morgan fingerprint density at radius 2 is 0.889 bits per heavy atom. The second-order valence-corrected chi connectivity index (χ2v) is 12.2. The lowest BCUT2D eigenvalue weighted by Crippen LogP contribution is -2.27. The van der Waals surface area contributed by atoms with Crippen LogP contribution in [-0.2, 0) is 10.1 Å². The summed E-state index contributed by atoms with van der Waals surface area (Å²) in [5.41, 5.74) is -5.53. The summed E-state index contributed by atoms with van der Waals surface area (Å²) in [7, 11) is -7.07. The van der Waals surface area contributed by atoms with E-state index >= 15 is 0 Å². The van der Waals surface area contributed by atoms with Gasteiger partial charge in [0.1, 0.15) is 34.5 Å². The van der Waals surface area contributed by atoms with Crippen LogP contribution in [0.5, 0.6) is 34.5 Å². The molecule has 0 saturated carbocycles. The zero-order valence-electron chi connectivity index (χ0n) is 26.1. The predicted molar refractivity (Wildman–Crippen MR) is 170 cm³/mol. The van der Waals surface area contributed by atoms with Crippen molar-refractivity contribution in [2.75, 3.05) is 39.6 Å². The van der Waals surface area contributed by atoms with E-state index in [4.69, 9.17) is 41.4 Å². The molecule has 0 aliphatic carbocycles. The SMILES string of the molecule is CCOc1cc(OCC)c(P(c2ccccc2)c2c(OCC)cc(OCC)cc2OCC)c(OCC)c1.O=S(=O)(O)C(F)(F)F. The van der Waals surface area contributed by atoms with Gasteiger partial charge in [0, 0.05) is 32.2 Å². The maximum atomic E-state index is 10.7. The van der Waals surface area contributed by atoms with E-state index in [2.05, 4.69) is 24.3 Å². The minimum Gasteiger partial charge on any atom is -0.494 e. The summed E-state index contributed by atoms with van der Waals surface area (Å²) in [6, 6.07) is 18.2. The Morgan fingerprint density at radius 3 is 1.13 bits per heavy atom. The first-order valence-electron chi connectivity index (χ1n) is 14.4. The normalized spacial score (nSPS) is 11.4. The van der Waals surface area contributed by atoms with Crippen LogP contribution in [0.1, 0.15) is 41.5 Å². The lowest BCUT2D eigenvalue weighted by Gasteiger charge is -2.28. The number of rotatable bonds is 15. The van der Waals surface area contributed by atoms with Gasteiger partial charge in [0.25, 0.3) is 0 Å². The summed E-state index contributed by atoms with van der Waals surface area (Å²) in [4.78, 5) is 0. The van der Waals surface area contributed by atoms with Crippen molar-refractivity contribution in [1.29, 1.82) is 0 Å². The second-order valence-electron chi connectivity index (χ2n) is 8.73. The molecular formula is C31H40F3O9PS. The highest BCUT2D eigenvalue weighted by Crippen LogP contribution is 2.48. The Morgan fingerprint density at radius 1 is 0.600 bits per heavy atom. The Hall–Kier alpha value is -3.41. The van der Waals surface area contributed by atoms with Crippen molar-refractivity contribution in [3.05, 3.63) is 54.6 Å². The summed E-state index contributed by atoms with van der Waals surface area (Å²) in [5.74, 6) is 4.33. The number of hydrogen-bond donors (Lipinski definition) is 1. The quantitative estimate of drug-likeness (QED) is 0.114. The van der Waals surface area contributed by atoms with E-state index in [0.717, 1.165) is 38.9 Å². The van der Waals surface area contributed by atoms with Crippen molar-refractivity contribution < 1.29 is 54.6 Å². The standard InChI is InChI=1S/C30H39O6P.CHF3O3S/c1-7-31-22-18-25(33-9-3)29(26(19-22)34-10-4)37(24-16-14-13-15-17-24)30-27(35-11-5)20-23(32-8-2)21-28(30)36-12-6;2-1(3,4)8(5,6)7/h13-21H,7-12H2,1-6H3;(H,5,6,7). The summed E-state index contributed by atoms with van der Waals surface area (Å²) in [6.45, 7) is 15.0. The molecule has 0 amide bonds. The third kappa shape index (κ3) is 10.6. The summed E-state index contributed by atoms with van der Waals surface area (Å²) >= 11 is 0. The largest absolute Gasteiger partial charge is 0.522 e. The Balaban J connectivity index is 0.000000777. The summed E-state index contributed by atoms with van der Waals surface area (Å²) in [6.07, 6.45) is 0. The Labute approximate surface area is 264 Å². The highest BCUT2D eigenvalue weighted by atomic mass is 32.2. The fourth-order valence-corrected chi connectivity index (χ4v) is 6.67. The van der Waals surface area contributed by atoms with Crippen LogP contribution < -0.4 is 44.3 Å². The van der Waals surface area contributed by atoms with Gasteiger partial charge in [0.05, 0.1) is 50.3 Å². The molecule has 0 radical (unpaired) electrons. The van der Waals surface area contributed by atoms with Gasteiger partial charge in [-0.05, 0) is 46.8 Å². The Kier molecular flexibility index (Phi) is 15.0. The van der Waals surface area contributed by atoms with Crippen molar-refractivity contribution in [2.45, 2.75) is 47.1 Å². The molecule has 0 unspecified atom stereocenters. The molecule has 3 rings (SSSR count). The zero-order chi connectivity index (χ0) is 33.6. The molecule has 0 bridgehead atoms. The lowest BCUT2D eigenvalue weighted by molar-refractivity contribution is -0.0510. The summed E-state index contributed by atoms with van der Waals surface area (Å²) in [5, 5.41) is 3.04. The molecule has 3 aromatic carbocycles. The van der Waals surface area contributed by atoms with E-state index in [0.29, 0.717) is 51.1 Å². The van der Waals surface area contributed by atoms with Crippen LogP contribution in [0.2, 0.25) is 0 Å². The second kappa shape index (κ2) is 17.9. The van der Waals surface area contributed by atoms with Crippen molar-refractivity contribution in [3.63, 3.8) is 0 Å². The molecule has 0 heterocycles. The first kappa shape index (κ1) is 37.8.